The molecule has 1 N–H and O–H groups in total. The van der Waals surface area contributed by atoms with Crippen LogP contribution in [0.1, 0.15) is 30.2 Å². The maximum absolute atomic E-state index is 12.8. The fraction of sp³-hybridized carbons (Fsp3) is 0.333. The number of rotatable bonds is 6. The molecule has 150 valence electrons. The van der Waals surface area contributed by atoms with Crippen molar-refractivity contribution in [2.45, 2.75) is 46.7 Å². The highest BCUT2D eigenvalue weighted by molar-refractivity contribution is 7.18. The summed E-state index contributed by atoms with van der Waals surface area (Å²) in [4.78, 5) is 36.1. The molecule has 0 aliphatic heterocycles. The van der Waals surface area contributed by atoms with E-state index in [1.54, 1.807) is 0 Å². The van der Waals surface area contributed by atoms with Crippen molar-refractivity contribution in [1.29, 1.82) is 0 Å². The van der Waals surface area contributed by atoms with E-state index < -0.39 is 0 Å². The van der Waals surface area contributed by atoms with Crippen LogP contribution < -0.4 is 10.9 Å². The zero-order chi connectivity index (χ0) is 20.5. The minimum Gasteiger partial charge on any atom is -0.310 e. The van der Waals surface area contributed by atoms with Gasteiger partial charge in [0.25, 0.3) is 5.56 Å². The van der Waals surface area contributed by atoms with E-state index in [1.165, 1.54) is 22.2 Å². The van der Waals surface area contributed by atoms with Crippen LogP contribution in [-0.2, 0) is 17.9 Å². The van der Waals surface area contributed by atoms with E-state index in [2.05, 4.69) is 22.2 Å². The zero-order valence-electron chi connectivity index (χ0n) is 16.7. The fourth-order valence-electron chi connectivity index (χ4n) is 3.46. The van der Waals surface area contributed by atoms with Gasteiger partial charge in [0.2, 0.25) is 11.9 Å². The zero-order valence-corrected chi connectivity index (χ0v) is 17.5. The van der Waals surface area contributed by atoms with Crippen LogP contribution in [0.15, 0.2) is 35.4 Å². The molecule has 0 unspecified atom stereocenters. The number of benzene rings is 1. The lowest BCUT2D eigenvalue weighted by atomic mass is 10.2. The summed E-state index contributed by atoms with van der Waals surface area (Å²) in [5.41, 5.74) is 2.72. The summed E-state index contributed by atoms with van der Waals surface area (Å²) in [6.07, 6.45) is 2.63. The molecule has 0 aliphatic rings. The standard InChI is InChI=1S/C21H23N5O2S/c1-4-10-26-16-8-6-5-7-15(16)23-21(26)24-17(27)9-11-25-12-22-19-18(20(25)28)13(2)14(3)29-19/h5-8,12H,4,9-11H2,1-3H3,(H,23,24,27). The first-order chi connectivity index (χ1) is 14.0. The maximum Gasteiger partial charge on any atom is 0.262 e. The highest BCUT2D eigenvalue weighted by Crippen LogP contribution is 2.25. The topological polar surface area (TPSA) is 81.8 Å². The van der Waals surface area contributed by atoms with Gasteiger partial charge in [-0.15, -0.1) is 11.3 Å². The van der Waals surface area contributed by atoms with Crippen LogP contribution >= 0.6 is 11.3 Å². The van der Waals surface area contributed by atoms with Gasteiger partial charge in [-0.2, -0.15) is 0 Å². The predicted molar refractivity (Wildman–Crippen MR) is 117 cm³/mol. The van der Waals surface area contributed by atoms with Crippen LogP contribution in [0.4, 0.5) is 5.95 Å². The molecule has 8 heteroatoms. The Balaban J connectivity index is 1.53. The van der Waals surface area contributed by atoms with Crippen LogP contribution in [0.25, 0.3) is 21.3 Å². The molecule has 3 heterocycles. The van der Waals surface area contributed by atoms with Crippen molar-refractivity contribution in [3.05, 3.63) is 51.4 Å². The first-order valence-corrected chi connectivity index (χ1v) is 10.5. The number of imidazole rings is 1. The van der Waals surface area contributed by atoms with Gasteiger partial charge in [-0.25, -0.2) is 9.97 Å². The summed E-state index contributed by atoms with van der Waals surface area (Å²) in [6, 6.07) is 7.83. The normalized spacial score (nSPS) is 11.4. The van der Waals surface area contributed by atoms with Crippen LogP contribution in [0.2, 0.25) is 0 Å². The number of hydrogen-bond acceptors (Lipinski definition) is 5. The molecule has 0 aliphatic carbocycles. The molecule has 1 amide bonds. The van der Waals surface area contributed by atoms with Crippen molar-refractivity contribution in [2.24, 2.45) is 0 Å². The van der Waals surface area contributed by atoms with Gasteiger partial charge >= 0.3 is 0 Å². The quantitative estimate of drug-likeness (QED) is 0.524. The average Bonchev–Trinajstić information content (AvgIpc) is 3.19. The highest BCUT2D eigenvalue weighted by Gasteiger charge is 2.15. The minimum absolute atomic E-state index is 0.0946. The van der Waals surface area contributed by atoms with Gasteiger partial charge in [-0.05, 0) is 38.0 Å². The van der Waals surface area contributed by atoms with Crippen molar-refractivity contribution < 1.29 is 4.79 Å². The first kappa shape index (κ1) is 19.3. The maximum atomic E-state index is 12.8. The van der Waals surface area contributed by atoms with Gasteiger partial charge in [0.1, 0.15) is 4.83 Å². The number of anilines is 1. The Kier molecular flexibility index (Phi) is 5.19. The summed E-state index contributed by atoms with van der Waals surface area (Å²) in [5, 5.41) is 3.56. The summed E-state index contributed by atoms with van der Waals surface area (Å²) >= 11 is 1.52. The monoisotopic (exact) mass is 409 g/mol. The Labute approximate surface area is 172 Å². The van der Waals surface area contributed by atoms with Gasteiger partial charge in [0.15, 0.2) is 0 Å². The van der Waals surface area contributed by atoms with Crippen LogP contribution in [-0.4, -0.2) is 25.0 Å². The average molecular weight is 410 g/mol. The van der Waals surface area contributed by atoms with E-state index in [-0.39, 0.29) is 24.4 Å². The van der Waals surface area contributed by atoms with E-state index in [0.29, 0.717) is 11.3 Å². The molecule has 4 aromatic rings. The largest absolute Gasteiger partial charge is 0.310 e. The fourth-order valence-corrected chi connectivity index (χ4v) is 4.45. The molecule has 1 aromatic carbocycles. The van der Waals surface area contributed by atoms with E-state index >= 15 is 0 Å². The molecule has 29 heavy (non-hydrogen) atoms. The predicted octanol–water partition coefficient (Wildman–Crippen LogP) is 3.86. The summed E-state index contributed by atoms with van der Waals surface area (Å²) in [6.45, 7) is 7.06. The summed E-state index contributed by atoms with van der Waals surface area (Å²) < 4.78 is 3.53. The van der Waals surface area contributed by atoms with Gasteiger partial charge < -0.3 is 4.57 Å². The molecule has 0 bridgehead atoms. The summed E-state index contributed by atoms with van der Waals surface area (Å²) in [5.74, 6) is 0.367. The van der Waals surface area contributed by atoms with Crippen molar-refractivity contribution in [1.82, 2.24) is 19.1 Å². The number of thiophene rings is 1. The smallest absolute Gasteiger partial charge is 0.262 e. The number of aromatic nitrogens is 4. The summed E-state index contributed by atoms with van der Waals surface area (Å²) in [7, 11) is 0. The molecular formula is C21H23N5O2S. The molecule has 0 atom stereocenters. The molecular weight excluding hydrogens is 386 g/mol. The third kappa shape index (κ3) is 3.55. The Bertz CT molecular complexity index is 1270. The van der Waals surface area contributed by atoms with Crippen molar-refractivity contribution >= 4 is 44.4 Å². The molecule has 0 saturated carbocycles. The number of fused-ring (bicyclic) bond motifs is 2. The Morgan fingerprint density at radius 2 is 2.00 bits per heavy atom. The third-order valence-electron chi connectivity index (χ3n) is 5.09. The lowest BCUT2D eigenvalue weighted by Gasteiger charge is -2.09. The Hall–Kier alpha value is -3.00. The van der Waals surface area contributed by atoms with Crippen molar-refractivity contribution in [2.75, 3.05) is 5.32 Å². The lowest BCUT2D eigenvalue weighted by molar-refractivity contribution is -0.116. The number of carbonyl (C=O) groups is 1. The molecule has 0 spiro atoms. The molecule has 7 nitrogen and oxygen atoms in total. The van der Waals surface area contributed by atoms with Crippen LogP contribution in [0.5, 0.6) is 0 Å². The molecule has 4 rings (SSSR count). The number of para-hydroxylation sites is 2. The molecule has 0 saturated heterocycles. The number of hydrogen-bond donors (Lipinski definition) is 1. The second kappa shape index (κ2) is 7.79. The SMILES string of the molecule is CCCn1c(NC(=O)CCn2cnc3sc(C)c(C)c3c2=O)nc2ccccc21. The second-order valence-corrected chi connectivity index (χ2v) is 8.28. The van der Waals surface area contributed by atoms with Gasteiger partial charge in [-0.1, -0.05) is 19.1 Å². The van der Waals surface area contributed by atoms with Gasteiger partial charge in [0, 0.05) is 24.4 Å². The molecule has 3 aromatic heterocycles. The third-order valence-corrected chi connectivity index (χ3v) is 6.20. The van der Waals surface area contributed by atoms with Gasteiger partial charge in [-0.3, -0.25) is 19.5 Å². The number of amides is 1. The lowest BCUT2D eigenvalue weighted by Crippen LogP contribution is -2.24. The molecule has 0 fully saturated rings. The Morgan fingerprint density at radius 3 is 2.79 bits per heavy atom. The highest BCUT2D eigenvalue weighted by atomic mass is 32.1. The van der Waals surface area contributed by atoms with Crippen LogP contribution in [0.3, 0.4) is 0 Å². The van der Waals surface area contributed by atoms with E-state index in [1.807, 2.05) is 42.7 Å². The van der Waals surface area contributed by atoms with Crippen LogP contribution in [0, 0.1) is 13.8 Å². The number of carbonyl (C=O) groups excluding carboxylic acids is 1. The Morgan fingerprint density at radius 1 is 1.21 bits per heavy atom. The second-order valence-electron chi connectivity index (χ2n) is 7.08. The van der Waals surface area contributed by atoms with E-state index in [4.69, 9.17) is 0 Å². The number of nitrogens with one attached hydrogen (secondary N) is 1. The minimum atomic E-state index is -0.178. The molecule has 0 radical (unpaired) electrons. The van der Waals surface area contributed by atoms with Crippen molar-refractivity contribution in [3.63, 3.8) is 0 Å². The van der Waals surface area contributed by atoms with Crippen molar-refractivity contribution in [3.8, 4) is 0 Å². The first-order valence-electron chi connectivity index (χ1n) is 9.70. The number of aryl methyl sites for hydroxylation is 4. The van der Waals surface area contributed by atoms with E-state index in [0.717, 1.165) is 39.3 Å². The van der Waals surface area contributed by atoms with Gasteiger partial charge in [0.05, 0.1) is 22.7 Å². The van der Waals surface area contributed by atoms with E-state index in [9.17, 15) is 9.59 Å². The number of nitrogens with zero attached hydrogens (tertiary/aromatic N) is 4.